The topological polar surface area (TPSA) is 202 Å². The number of amides is 3. The molecule has 3 atom stereocenters. The Hall–Kier alpha value is -2.80. The van der Waals surface area contributed by atoms with Crippen molar-refractivity contribution in [3.8, 4) is 0 Å². The third kappa shape index (κ3) is 4.72. The lowest BCUT2D eigenvalue weighted by Gasteiger charge is -2.49. The van der Waals surface area contributed by atoms with Gasteiger partial charge in [-0.25, -0.2) is 9.59 Å². The van der Waals surface area contributed by atoms with Crippen molar-refractivity contribution in [3.63, 3.8) is 0 Å². The lowest BCUT2D eigenvalue weighted by Crippen LogP contribution is -2.70. The minimum absolute atomic E-state index is 0.0124. The molecule has 1 saturated heterocycles. The van der Waals surface area contributed by atoms with Gasteiger partial charge in [-0.1, -0.05) is 0 Å². The average molecular weight is 416 g/mol. The molecule has 12 nitrogen and oxygen atoms in total. The third-order valence-corrected chi connectivity index (χ3v) is 5.53. The summed E-state index contributed by atoms with van der Waals surface area (Å²) in [5.74, 6) is -3.38. The van der Waals surface area contributed by atoms with Gasteiger partial charge in [0.2, 0.25) is 5.91 Å². The summed E-state index contributed by atoms with van der Waals surface area (Å²) in [6.45, 7) is -0.346. The van der Waals surface area contributed by atoms with Crippen LogP contribution in [0, 0.1) is 0 Å². The van der Waals surface area contributed by atoms with E-state index in [1.54, 1.807) is 0 Å². The van der Waals surface area contributed by atoms with Gasteiger partial charge in [-0.3, -0.25) is 19.3 Å². The van der Waals surface area contributed by atoms with Crippen LogP contribution in [0.2, 0.25) is 0 Å². The van der Waals surface area contributed by atoms with Crippen LogP contribution in [0.15, 0.2) is 11.3 Å². The highest BCUT2D eigenvalue weighted by Crippen LogP contribution is 2.40. The smallest absolute Gasteiger partial charge is 0.404 e. The monoisotopic (exact) mass is 416 g/mol. The average Bonchev–Trinajstić information content (AvgIpc) is 2.62. The summed E-state index contributed by atoms with van der Waals surface area (Å²) in [6.07, 6.45) is -0.731. The fraction of sp³-hybridized carbons (Fsp3) is 0.533. The molecule has 0 bridgehead atoms. The van der Waals surface area contributed by atoms with E-state index in [4.69, 9.17) is 16.6 Å². The van der Waals surface area contributed by atoms with Crippen molar-refractivity contribution in [2.45, 2.75) is 36.7 Å². The van der Waals surface area contributed by atoms with Crippen molar-refractivity contribution < 1.29 is 38.9 Å². The van der Waals surface area contributed by atoms with Gasteiger partial charge in [-0.15, -0.1) is 11.8 Å². The van der Waals surface area contributed by atoms with Gasteiger partial charge in [-0.05, 0) is 12.8 Å². The SMILES string of the molecule is NC(=O)OCC1=C(C(=O)O)N2C(=O)C(NC(=O)CCCC(N)C(=O)O)C2SC1. The molecule has 154 valence electrons. The van der Waals surface area contributed by atoms with Crippen molar-refractivity contribution in [2.24, 2.45) is 11.5 Å². The van der Waals surface area contributed by atoms with Gasteiger partial charge in [0, 0.05) is 17.7 Å². The Labute approximate surface area is 163 Å². The van der Waals surface area contributed by atoms with Gasteiger partial charge in [-0.2, -0.15) is 0 Å². The zero-order valence-corrected chi connectivity index (χ0v) is 15.4. The summed E-state index contributed by atoms with van der Waals surface area (Å²) in [4.78, 5) is 58.3. The number of rotatable bonds is 9. The van der Waals surface area contributed by atoms with E-state index in [0.717, 1.165) is 4.90 Å². The number of thioether (sulfide) groups is 1. The van der Waals surface area contributed by atoms with Crippen molar-refractivity contribution in [1.29, 1.82) is 0 Å². The Morgan fingerprint density at radius 1 is 1.32 bits per heavy atom. The molecule has 0 aromatic rings. The van der Waals surface area contributed by atoms with Crippen LogP contribution in [0.1, 0.15) is 19.3 Å². The summed E-state index contributed by atoms with van der Waals surface area (Å²) >= 11 is 1.22. The fourth-order valence-electron chi connectivity index (χ4n) is 2.80. The number of nitrogens with one attached hydrogen (secondary N) is 1. The van der Waals surface area contributed by atoms with E-state index >= 15 is 0 Å². The maximum Gasteiger partial charge on any atom is 0.404 e. The molecule has 0 aromatic heterocycles. The molecule has 0 spiro atoms. The molecule has 0 aliphatic carbocycles. The van der Waals surface area contributed by atoms with E-state index in [0.29, 0.717) is 0 Å². The number of nitrogens with zero attached hydrogens (tertiary/aromatic N) is 1. The molecule has 3 unspecified atom stereocenters. The highest BCUT2D eigenvalue weighted by Gasteiger charge is 2.54. The first-order valence-electron chi connectivity index (χ1n) is 8.23. The minimum Gasteiger partial charge on any atom is -0.480 e. The Kier molecular flexibility index (Phi) is 6.85. The predicted octanol–water partition coefficient (Wildman–Crippen LogP) is -1.60. The fourth-order valence-corrected chi connectivity index (χ4v) is 4.13. The molecule has 0 saturated carbocycles. The number of carbonyl (C=O) groups excluding carboxylic acids is 3. The Morgan fingerprint density at radius 2 is 2.00 bits per heavy atom. The number of carboxylic acids is 2. The van der Waals surface area contributed by atoms with Crippen LogP contribution in [0.3, 0.4) is 0 Å². The lowest BCUT2D eigenvalue weighted by molar-refractivity contribution is -0.150. The number of nitrogens with two attached hydrogens (primary N) is 2. The molecule has 0 aromatic carbocycles. The first-order chi connectivity index (χ1) is 13.1. The van der Waals surface area contributed by atoms with Gasteiger partial charge in [0.25, 0.3) is 5.91 Å². The molecule has 28 heavy (non-hydrogen) atoms. The number of hydrogen-bond donors (Lipinski definition) is 5. The first kappa shape index (κ1) is 21.5. The van der Waals surface area contributed by atoms with E-state index in [-0.39, 0.29) is 42.9 Å². The predicted molar refractivity (Wildman–Crippen MR) is 94.7 cm³/mol. The lowest BCUT2D eigenvalue weighted by atomic mass is 10.0. The zero-order chi connectivity index (χ0) is 21.0. The summed E-state index contributed by atoms with van der Waals surface area (Å²) in [5.41, 5.74) is 10.2. The number of fused-ring (bicyclic) bond motifs is 1. The van der Waals surface area contributed by atoms with Crippen LogP contribution in [0.4, 0.5) is 4.79 Å². The van der Waals surface area contributed by atoms with E-state index in [1.807, 2.05) is 0 Å². The van der Waals surface area contributed by atoms with Gasteiger partial charge in [0.1, 0.15) is 29.8 Å². The van der Waals surface area contributed by atoms with E-state index in [2.05, 4.69) is 10.1 Å². The molecular weight excluding hydrogens is 396 g/mol. The molecule has 0 radical (unpaired) electrons. The third-order valence-electron chi connectivity index (χ3n) is 4.19. The van der Waals surface area contributed by atoms with Crippen LogP contribution in [0.25, 0.3) is 0 Å². The molecular formula is C15H20N4O8S. The molecule has 13 heteroatoms. The second kappa shape index (κ2) is 8.93. The summed E-state index contributed by atoms with van der Waals surface area (Å²) < 4.78 is 4.62. The highest BCUT2D eigenvalue weighted by molar-refractivity contribution is 8.00. The van der Waals surface area contributed by atoms with Crippen LogP contribution in [0.5, 0.6) is 0 Å². The van der Waals surface area contributed by atoms with E-state index in [9.17, 15) is 29.1 Å². The molecule has 7 N–H and O–H groups in total. The maximum absolute atomic E-state index is 12.4. The number of β-lactam (4-membered cyclic amide) rings is 1. The molecule has 2 aliphatic heterocycles. The van der Waals surface area contributed by atoms with Crippen LogP contribution < -0.4 is 16.8 Å². The number of aliphatic carboxylic acids is 2. The van der Waals surface area contributed by atoms with Crippen molar-refractivity contribution in [2.75, 3.05) is 12.4 Å². The molecule has 3 amide bonds. The summed E-state index contributed by atoms with van der Waals surface area (Å²) in [6, 6.07) is -1.95. The second-order valence-corrected chi connectivity index (χ2v) is 7.26. The minimum atomic E-state index is -1.35. The number of hydrogen-bond acceptors (Lipinski definition) is 8. The van der Waals surface area contributed by atoms with Crippen LogP contribution in [-0.4, -0.2) is 74.8 Å². The summed E-state index contributed by atoms with van der Waals surface area (Å²) in [7, 11) is 0. The van der Waals surface area contributed by atoms with Crippen molar-refractivity contribution in [3.05, 3.63) is 11.3 Å². The van der Waals surface area contributed by atoms with E-state index in [1.165, 1.54) is 11.8 Å². The Morgan fingerprint density at radius 3 is 2.57 bits per heavy atom. The van der Waals surface area contributed by atoms with Gasteiger partial charge in [0.05, 0.1) is 0 Å². The number of carbonyl (C=O) groups is 5. The quantitative estimate of drug-likeness (QED) is 0.272. The second-order valence-electron chi connectivity index (χ2n) is 6.16. The molecule has 2 rings (SSSR count). The van der Waals surface area contributed by atoms with Crippen molar-refractivity contribution >= 4 is 41.6 Å². The van der Waals surface area contributed by atoms with Crippen LogP contribution >= 0.6 is 11.8 Å². The standard InChI is InChI=1S/C15H20N4O8S/c16-7(13(22)23)2-1-3-8(20)18-9-11(21)19-10(14(24)25)6(4-27-15(17)26)5-28-12(9)19/h7,9,12H,1-5,16H2,(H2,17,26)(H,18,20)(H,22,23)(H,24,25). The van der Waals surface area contributed by atoms with Gasteiger partial charge >= 0.3 is 18.0 Å². The Bertz CT molecular complexity index is 740. The molecule has 2 aliphatic rings. The number of ether oxygens (including phenoxy) is 1. The first-order valence-corrected chi connectivity index (χ1v) is 9.28. The number of primary amides is 1. The van der Waals surface area contributed by atoms with E-state index < -0.39 is 47.3 Å². The maximum atomic E-state index is 12.4. The van der Waals surface area contributed by atoms with Gasteiger partial charge < -0.3 is 31.7 Å². The molecule has 2 heterocycles. The normalized spacial score (nSPS) is 22.0. The van der Waals surface area contributed by atoms with Crippen LogP contribution in [-0.2, 0) is 23.9 Å². The number of carboxylic acid groups (broad SMARTS) is 2. The van der Waals surface area contributed by atoms with Gasteiger partial charge in [0.15, 0.2) is 0 Å². The Balaban J connectivity index is 1.96. The van der Waals surface area contributed by atoms with Crippen molar-refractivity contribution in [1.82, 2.24) is 10.2 Å². The highest BCUT2D eigenvalue weighted by atomic mass is 32.2. The largest absolute Gasteiger partial charge is 0.480 e. The summed E-state index contributed by atoms with van der Waals surface area (Å²) in [5, 5.41) is 20.0. The zero-order valence-electron chi connectivity index (χ0n) is 14.6. The molecule has 1 fully saturated rings.